The number of nitrogens with zero attached hydrogens (tertiary/aromatic N) is 3. The summed E-state index contributed by atoms with van der Waals surface area (Å²) in [5.74, 6) is -0.143. The van der Waals surface area contributed by atoms with Gasteiger partial charge in [-0.05, 0) is 50.5 Å². The second-order valence-corrected chi connectivity index (χ2v) is 7.47. The summed E-state index contributed by atoms with van der Waals surface area (Å²) in [6.07, 6.45) is 0.853. The summed E-state index contributed by atoms with van der Waals surface area (Å²) in [5.41, 5.74) is 3.92. The highest BCUT2D eigenvalue weighted by Crippen LogP contribution is 2.27. The van der Waals surface area contributed by atoms with Crippen LogP contribution < -0.4 is 5.32 Å². The summed E-state index contributed by atoms with van der Waals surface area (Å²) in [6, 6.07) is 7.80. The predicted octanol–water partition coefficient (Wildman–Crippen LogP) is 2.11. The Bertz CT molecular complexity index is 789. The van der Waals surface area contributed by atoms with Crippen molar-refractivity contribution in [3.8, 4) is 0 Å². The molecule has 1 aromatic heterocycles. The van der Waals surface area contributed by atoms with Crippen LogP contribution in [0.15, 0.2) is 24.3 Å². The van der Waals surface area contributed by atoms with Crippen LogP contribution in [0, 0.1) is 6.92 Å². The van der Waals surface area contributed by atoms with Crippen molar-refractivity contribution < 1.29 is 9.90 Å². The summed E-state index contributed by atoms with van der Waals surface area (Å²) < 4.78 is 1.60. The zero-order valence-corrected chi connectivity index (χ0v) is 15.3. The molecule has 2 N–H and O–H groups in total. The van der Waals surface area contributed by atoms with Crippen LogP contribution in [-0.4, -0.2) is 44.4 Å². The fourth-order valence-corrected chi connectivity index (χ4v) is 3.48. The van der Waals surface area contributed by atoms with Gasteiger partial charge in [0.15, 0.2) is 0 Å². The lowest BCUT2D eigenvalue weighted by Crippen LogP contribution is -2.41. The quantitative estimate of drug-likeness (QED) is 0.893. The molecule has 6 heteroatoms. The van der Waals surface area contributed by atoms with Crippen LogP contribution in [0.3, 0.4) is 0 Å². The number of fused-ring (bicyclic) bond motifs is 1. The zero-order valence-electron chi connectivity index (χ0n) is 15.3. The second kappa shape index (κ2) is 6.61. The summed E-state index contributed by atoms with van der Waals surface area (Å²) >= 11 is 0. The maximum atomic E-state index is 12.6. The number of hydrogen-bond acceptors (Lipinski definition) is 4. The molecule has 0 fully saturated rings. The molecule has 1 aromatic carbocycles. The Kier molecular flexibility index (Phi) is 4.67. The van der Waals surface area contributed by atoms with E-state index in [4.69, 9.17) is 0 Å². The molecule has 3 rings (SSSR count). The molecule has 0 unspecified atom stereocenters. The second-order valence-electron chi connectivity index (χ2n) is 7.47. The number of aliphatic hydroxyl groups is 1. The molecule has 2 aromatic rings. The van der Waals surface area contributed by atoms with Gasteiger partial charge in [0.25, 0.3) is 5.91 Å². The van der Waals surface area contributed by atoms with Crippen molar-refractivity contribution in [1.29, 1.82) is 0 Å². The van der Waals surface area contributed by atoms with E-state index in [2.05, 4.69) is 21.4 Å². The lowest BCUT2D eigenvalue weighted by atomic mass is 9.96. The van der Waals surface area contributed by atoms with Gasteiger partial charge in [-0.2, -0.15) is 5.10 Å². The number of anilines is 1. The zero-order chi connectivity index (χ0) is 18.2. The summed E-state index contributed by atoms with van der Waals surface area (Å²) in [4.78, 5) is 14.8. The molecule has 2 heterocycles. The van der Waals surface area contributed by atoms with Crippen molar-refractivity contribution in [2.45, 2.75) is 39.3 Å². The van der Waals surface area contributed by atoms with E-state index >= 15 is 0 Å². The van der Waals surface area contributed by atoms with Gasteiger partial charge in [-0.25, -0.2) is 0 Å². The minimum atomic E-state index is -0.708. The largest absolute Gasteiger partial charge is 0.389 e. The van der Waals surface area contributed by atoms with Gasteiger partial charge in [-0.15, -0.1) is 0 Å². The topological polar surface area (TPSA) is 70.4 Å². The fraction of sp³-hybridized carbons (Fsp3) is 0.474. The maximum absolute atomic E-state index is 12.6. The molecule has 0 spiro atoms. The van der Waals surface area contributed by atoms with Gasteiger partial charge in [-0.1, -0.05) is 12.1 Å². The number of rotatable bonds is 4. The lowest BCUT2D eigenvalue weighted by molar-refractivity contribution is 0.0318. The fourth-order valence-electron chi connectivity index (χ4n) is 3.48. The molecule has 0 aliphatic carbocycles. The number of amides is 1. The van der Waals surface area contributed by atoms with Gasteiger partial charge in [-0.3, -0.25) is 14.4 Å². The van der Waals surface area contributed by atoms with Gasteiger partial charge in [0.2, 0.25) is 0 Å². The van der Waals surface area contributed by atoms with Crippen molar-refractivity contribution in [1.82, 2.24) is 14.7 Å². The average molecular weight is 342 g/mol. The molecular weight excluding hydrogens is 316 g/mol. The van der Waals surface area contributed by atoms with E-state index in [-0.39, 0.29) is 5.91 Å². The first kappa shape index (κ1) is 17.6. The molecule has 0 bridgehead atoms. The Hall–Kier alpha value is -2.18. The molecule has 1 amide bonds. The molecule has 0 saturated heterocycles. The van der Waals surface area contributed by atoms with E-state index in [1.54, 1.807) is 17.8 Å². The maximum Gasteiger partial charge on any atom is 0.273 e. The van der Waals surface area contributed by atoms with Crippen molar-refractivity contribution in [3.05, 3.63) is 46.8 Å². The summed E-state index contributed by atoms with van der Waals surface area (Å²) in [5, 5.41) is 17.3. The monoisotopic (exact) mass is 342 g/mol. The van der Waals surface area contributed by atoms with Crippen molar-refractivity contribution in [2.24, 2.45) is 7.05 Å². The number of benzene rings is 1. The smallest absolute Gasteiger partial charge is 0.273 e. The molecule has 25 heavy (non-hydrogen) atoms. The van der Waals surface area contributed by atoms with Gasteiger partial charge >= 0.3 is 0 Å². The first-order chi connectivity index (χ1) is 11.7. The third-order valence-corrected chi connectivity index (χ3v) is 4.44. The number of aryl methyl sites for hydroxylation is 2. The van der Waals surface area contributed by atoms with Crippen LogP contribution in [0.1, 0.15) is 41.2 Å². The van der Waals surface area contributed by atoms with E-state index in [0.29, 0.717) is 12.2 Å². The average Bonchev–Trinajstić information content (AvgIpc) is 2.84. The Morgan fingerprint density at radius 2 is 2.16 bits per heavy atom. The van der Waals surface area contributed by atoms with E-state index in [0.717, 1.165) is 30.9 Å². The number of carbonyl (C=O) groups excluding carboxylic acids is 1. The number of carbonyl (C=O) groups is 1. The SMILES string of the molecule is Cc1cc(C(=O)Nc2cccc3c2CCN(CC(C)(C)O)C3)n(C)n1. The predicted molar refractivity (Wildman–Crippen MR) is 97.6 cm³/mol. The number of β-amino-alcohol motifs (C(OH)–C–C–N with tert-alkyl or cyclic N) is 1. The third-order valence-electron chi connectivity index (χ3n) is 4.44. The minimum Gasteiger partial charge on any atom is -0.389 e. The highest BCUT2D eigenvalue weighted by molar-refractivity contribution is 6.03. The Labute approximate surface area is 148 Å². The van der Waals surface area contributed by atoms with Gasteiger partial charge in [0, 0.05) is 32.4 Å². The standard InChI is InChI=1S/C19H26N4O2/c1-13-10-17(22(4)21-13)18(24)20-16-7-5-6-14-11-23(9-8-15(14)16)12-19(2,3)25/h5-7,10,25H,8-9,11-12H2,1-4H3,(H,20,24). The Balaban J connectivity index is 1.78. The summed E-state index contributed by atoms with van der Waals surface area (Å²) in [6.45, 7) is 7.82. The molecule has 1 aliphatic rings. The molecule has 0 saturated carbocycles. The van der Waals surface area contributed by atoms with Crippen LogP contribution in [-0.2, 0) is 20.0 Å². The van der Waals surface area contributed by atoms with E-state index in [9.17, 15) is 9.90 Å². The Morgan fingerprint density at radius 1 is 1.40 bits per heavy atom. The molecular formula is C19H26N4O2. The lowest BCUT2D eigenvalue weighted by Gasteiger charge is -2.33. The van der Waals surface area contributed by atoms with Crippen LogP contribution in [0.4, 0.5) is 5.69 Å². The first-order valence-electron chi connectivity index (χ1n) is 8.60. The van der Waals surface area contributed by atoms with Crippen LogP contribution in [0.2, 0.25) is 0 Å². The molecule has 6 nitrogen and oxygen atoms in total. The number of hydrogen-bond donors (Lipinski definition) is 2. The molecule has 134 valence electrons. The summed E-state index contributed by atoms with van der Waals surface area (Å²) in [7, 11) is 1.77. The number of nitrogens with one attached hydrogen (secondary N) is 1. The van der Waals surface area contributed by atoms with E-state index in [1.165, 1.54) is 11.1 Å². The first-order valence-corrected chi connectivity index (χ1v) is 8.60. The van der Waals surface area contributed by atoms with Crippen LogP contribution in [0.25, 0.3) is 0 Å². The molecule has 1 aliphatic heterocycles. The number of aromatic nitrogens is 2. The van der Waals surface area contributed by atoms with Crippen molar-refractivity contribution in [3.63, 3.8) is 0 Å². The van der Waals surface area contributed by atoms with Gasteiger partial charge < -0.3 is 10.4 Å². The van der Waals surface area contributed by atoms with Crippen LogP contribution in [0.5, 0.6) is 0 Å². The van der Waals surface area contributed by atoms with Gasteiger partial charge in [0.1, 0.15) is 5.69 Å². The minimum absolute atomic E-state index is 0.143. The third kappa shape index (κ3) is 4.08. The normalized spacial score (nSPS) is 15.1. The Morgan fingerprint density at radius 3 is 2.80 bits per heavy atom. The van der Waals surface area contributed by atoms with Crippen molar-refractivity contribution in [2.75, 3.05) is 18.4 Å². The van der Waals surface area contributed by atoms with Gasteiger partial charge in [0.05, 0.1) is 11.3 Å². The van der Waals surface area contributed by atoms with Crippen molar-refractivity contribution >= 4 is 11.6 Å². The molecule has 0 atom stereocenters. The highest BCUT2D eigenvalue weighted by atomic mass is 16.3. The van der Waals surface area contributed by atoms with Crippen LogP contribution >= 0.6 is 0 Å². The molecule has 0 radical (unpaired) electrons. The highest BCUT2D eigenvalue weighted by Gasteiger charge is 2.24. The van der Waals surface area contributed by atoms with E-state index in [1.807, 2.05) is 32.9 Å². The van der Waals surface area contributed by atoms with E-state index < -0.39 is 5.60 Å².